The molecule has 0 spiro atoms. The Morgan fingerprint density at radius 3 is 2.32 bits per heavy atom. The van der Waals surface area contributed by atoms with Crippen molar-refractivity contribution in [1.82, 2.24) is 14.5 Å². The van der Waals surface area contributed by atoms with Gasteiger partial charge in [-0.3, -0.25) is 14.2 Å². The number of pyridine rings is 2. The highest BCUT2D eigenvalue weighted by molar-refractivity contribution is 5.97. The second kappa shape index (κ2) is 7.97. The van der Waals surface area contributed by atoms with Gasteiger partial charge in [0.25, 0.3) is 11.5 Å². The molecule has 28 heavy (non-hydrogen) atoms. The van der Waals surface area contributed by atoms with Crippen LogP contribution in [-0.2, 0) is 6.54 Å². The maximum Gasteiger partial charge on any atom is 0.265 e. The maximum absolute atomic E-state index is 13.3. The highest BCUT2D eigenvalue weighted by Gasteiger charge is 2.25. The Morgan fingerprint density at radius 1 is 1.07 bits per heavy atom. The van der Waals surface area contributed by atoms with Gasteiger partial charge in [0.2, 0.25) is 0 Å². The Hall–Kier alpha value is -2.95. The summed E-state index contributed by atoms with van der Waals surface area (Å²) in [5, 5.41) is 0.782. The Labute approximate surface area is 165 Å². The van der Waals surface area contributed by atoms with Crippen LogP contribution in [0.5, 0.6) is 0 Å². The third-order valence-electron chi connectivity index (χ3n) is 4.89. The first-order valence-electron chi connectivity index (χ1n) is 9.66. The molecule has 0 saturated heterocycles. The summed E-state index contributed by atoms with van der Waals surface area (Å²) in [6.07, 6.45) is 1.67. The summed E-state index contributed by atoms with van der Waals surface area (Å²) in [5.41, 5.74) is 2.63. The molecule has 5 heteroatoms. The van der Waals surface area contributed by atoms with E-state index in [4.69, 9.17) is 0 Å². The average Bonchev–Trinajstić information content (AvgIpc) is 2.64. The molecular weight excluding hydrogens is 350 g/mol. The molecule has 3 aromatic rings. The van der Waals surface area contributed by atoms with E-state index < -0.39 is 0 Å². The number of carbonyl (C=O) groups excluding carboxylic acids is 1. The minimum absolute atomic E-state index is 0.00189. The van der Waals surface area contributed by atoms with E-state index in [1.807, 2.05) is 71.0 Å². The van der Waals surface area contributed by atoms with E-state index in [9.17, 15) is 9.59 Å². The van der Waals surface area contributed by atoms with E-state index >= 15 is 0 Å². The lowest BCUT2D eigenvalue weighted by Gasteiger charge is -2.30. The first kappa shape index (κ1) is 19.8. The molecule has 5 nitrogen and oxygen atoms in total. The molecule has 0 N–H and O–H groups in total. The highest BCUT2D eigenvalue weighted by Crippen LogP contribution is 2.16. The number of carbonyl (C=O) groups is 1. The van der Waals surface area contributed by atoms with Gasteiger partial charge in [-0.05, 0) is 58.4 Å². The molecule has 0 atom stereocenters. The van der Waals surface area contributed by atoms with Gasteiger partial charge in [0.05, 0.1) is 6.54 Å². The van der Waals surface area contributed by atoms with Gasteiger partial charge in [-0.25, -0.2) is 4.98 Å². The summed E-state index contributed by atoms with van der Waals surface area (Å²) in [6, 6.07) is 13.4. The molecule has 1 amide bonds. The Morgan fingerprint density at radius 2 is 1.71 bits per heavy atom. The number of fused-ring (bicyclic) bond motifs is 1. The molecule has 3 rings (SSSR count). The van der Waals surface area contributed by atoms with Crippen molar-refractivity contribution in [3.8, 4) is 0 Å². The summed E-state index contributed by atoms with van der Waals surface area (Å²) in [4.78, 5) is 32.7. The van der Waals surface area contributed by atoms with Gasteiger partial charge in [0.1, 0.15) is 11.2 Å². The summed E-state index contributed by atoms with van der Waals surface area (Å²) in [6.45, 7) is 10.3. The normalized spacial score (nSPS) is 11.4. The van der Waals surface area contributed by atoms with Gasteiger partial charge in [-0.2, -0.15) is 0 Å². The van der Waals surface area contributed by atoms with E-state index in [-0.39, 0.29) is 29.1 Å². The lowest BCUT2D eigenvalue weighted by molar-refractivity contribution is 0.0641. The van der Waals surface area contributed by atoms with Crippen LogP contribution >= 0.6 is 0 Å². The van der Waals surface area contributed by atoms with Gasteiger partial charge in [-0.15, -0.1) is 0 Å². The van der Waals surface area contributed by atoms with Crippen molar-refractivity contribution in [3.05, 3.63) is 75.7 Å². The quantitative estimate of drug-likeness (QED) is 0.675. The van der Waals surface area contributed by atoms with Gasteiger partial charge in [0, 0.05) is 23.7 Å². The van der Waals surface area contributed by atoms with E-state index in [0.29, 0.717) is 12.2 Å². The van der Waals surface area contributed by atoms with E-state index in [0.717, 1.165) is 16.5 Å². The van der Waals surface area contributed by atoms with E-state index in [2.05, 4.69) is 4.98 Å². The third-order valence-corrected chi connectivity index (χ3v) is 4.89. The summed E-state index contributed by atoms with van der Waals surface area (Å²) in [7, 11) is 0. The first-order chi connectivity index (χ1) is 13.3. The van der Waals surface area contributed by atoms with Crippen LogP contribution in [-0.4, -0.2) is 32.4 Å². The first-order valence-corrected chi connectivity index (χ1v) is 9.66. The van der Waals surface area contributed by atoms with Crippen LogP contribution in [0, 0.1) is 6.92 Å². The number of nitrogens with zero attached hydrogens (tertiary/aromatic N) is 3. The largest absolute Gasteiger partial charge is 0.334 e. The van der Waals surface area contributed by atoms with Crippen molar-refractivity contribution in [2.75, 3.05) is 0 Å². The molecule has 146 valence electrons. The number of hydrogen-bond acceptors (Lipinski definition) is 3. The van der Waals surface area contributed by atoms with Crippen LogP contribution in [0.1, 0.15) is 49.2 Å². The van der Waals surface area contributed by atoms with Crippen molar-refractivity contribution in [2.45, 2.75) is 53.2 Å². The second-order valence-electron chi connectivity index (χ2n) is 7.75. The zero-order valence-electron chi connectivity index (χ0n) is 17.1. The number of aromatic nitrogens is 2. The van der Waals surface area contributed by atoms with Crippen LogP contribution in [0.4, 0.5) is 0 Å². The molecule has 0 aliphatic heterocycles. The standard InChI is InChI=1S/C23H27N3O2/c1-15(2)26(16(3)4)23(28)20-13-19-7-6-12-24-21(19)25(22(20)27)14-18-10-8-17(5)9-11-18/h6-13,15-16H,14H2,1-5H3. The molecule has 0 fully saturated rings. The molecule has 2 heterocycles. The van der Waals surface area contributed by atoms with Crippen LogP contribution in [0.3, 0.4) is 0 Å². The highest BCUT2D eigenvalue weighted by atomic mass is 16.2. The molecule has 0 radical (unpaired) electrons. The fourth-order valence-corrected chi connectivity index (χ4v) is 3.59. The molecule has 1 aromatic carbocycles. The zero-order valence-corrected chi connectivity index (χ0v) is 17.1. The SMILES string of the molecule is Cc1ccc(Cn2c(=O)c(C(=O)N(C(C)C)C(C)C)cc3cccnc32)cc1. The van der Waals surface area contributed by atoms with Gasteiger partial charge < -0.3 is 4.90 Å². The van der Waals surface area contributed by atoms with E-state index in [1.165, 1.54) is 0 Å². The number of amides is 1. The van der Waals surface area contributed by atoms with Crippen molar-refractivity contribution >= 4 is 16.9 Å². The topological polar surface area (TPSA) is 55.2 Å². The molecular formula is C23H27N3O2. The molecule has 2 aromatic heterocycles. The van der Waals surface area contributed by atoms with Crippen LogP contribution in [0.25, 0.3) is 11.0 Å². The number of aryl methyl sites for hydroxylation is 1. The second-order valence-corrected chi connectivity index (χ2v) is 7.75. The lowest BCUT2D eigenvalue weighted by atomic mass is 10.1. The van der Waals surface area contributed by atoms with Crippen molar-refractivity contribution in [2.24, 2.45) is 0 Å². The molecule has 0 bridgehead atoms. The lowest BCUT2D eigenvalue weighted by Crippen LogP contribution is -2.44. The van der Waals surface area contributed by atoms with Crippen molar-refractivity contribution < 1.29 is 4.79 Å². The van der Waals surface area contributed by atoms with Gasteiger partial charge in [-0.1, -0.05) is 29.8 Å². The molecule has 0 unspecified atom stereocenters. The Bertz CT molecular complexity index is 1040. The van der Waals surface area contributed by atoms with Crippen molar-refractivity contribution in [3.63, 3.8) is 0 Å². The van der Waals surface area contributed by atoms with Gasteiger partial charge >= 0.3 is 0 Å². The van der Waals surface area contributed by atoms with E-state index in [1.54, 1.807) is 21.7 Å². The average molecular weight is 377 g/mol. The van der Waals surface area contributed by atoms with Crippen molar-refractivity contribution in [1.29, 1.82) is 0 Å². The summed E-state index contributed by atoms with van der Waals surface area (Å²) in [5.74, 6) is -0.238. The third kappa shape index (κ3) is 3.84. The fraction of sp³-hybridized carbons (Fsp3) is 0.348. The summed E-state index contributed by atoms with van der Waals surface area (Å²) >= 11 is 0. The predicted octanol–water partition coefficient (Wildman–Crippen LogP) is 4.01. The van der Waals surface area contributed by atoms with Crippen LogP contribution in [0.15, 0.2) is 53.5 Å². The molecule has 0 aliphatic carbocycles. The Kier molecular flexibility index (Phi) is 5.63. The predicted molar refractivity (Wildman–Crippen MR) is 113 cm³/mol. The summed E-state index contributed by atoms with van der Waals surface area (Å²) < 4.78 is 1.60. The minimum atomic E-state index is -0.303. The maximum atomic E-state index is 13.3. The minimum Gasteiger partial charge on any atom is -0.334 e. The number of hydrogen-bond donors (Lipinski definition) is 0. The van der Waals surface area contributed by atoms with Gasteiger partial charge in [0.15, 0.2) is 0 Å². The van der Waals surface area contributed by atoms with Crippen LogP contribution < -0.4 is 5.56 Å². The molecule has 0 saturated carbocycles. The number of rotatable bonds is 5. The number of benzene rings is 1. The fourth-order valence-electron chi connectivity index (χ4n) is 3.59. The zero-order chi connectivity index (χ0) is 20.4. The molecule has 0 aliphatic rings. The Balaban J connectivity index is 2.17. The van der Waals surface area contributed by atoms with Crippen LogP contribution in [0.2, 0.25) is 0 Å². The monoisotopic (exact) mass is 377 g/mol. The smallest absolute Gasteiger partial charge is 0.265 e.